The molecule has 0 radical (unpaired) electrons. The van der Waals surface area contributed by atoms with E-state index in [2.05, 4.69) is 12.6 Å². The van der Waals surface area contributed by atoms with Crippen molar-refractivity contribution < 1.29 is 9.53 Å². The van der Waals surface area contributed by atoms with Crippen molar-refractivity contribution in [3.63, 3.8) is 0 Å². The molecule has 0 saturated heterocycles. The maximum absolute atomic E-state index is 11.7. The summed E-state index contributed by atoms with van der Waals surface area (Å²) in [6.07, 6.45) is -0.396. The molecular weight excluding hydrogens is 216 g/mol. The van der Waals surface area contributed by atoms with Crippen molar-refractivity contribution in [2.75, 3.05) is 0 Å². The lowest BCUT2D eigenvalue weighted by Crippen LogP contribution is -2.25. The summed E-state index contributed by atoms with van der Waals surface area (Å²) < 4.78 is 4.95. The predicted molar refractivity (Wildman–Crippen MR) is 61.7 cm³/mol. The quantitative estimate of drug-likeness (QED) is 0.694. The summed E-state index contributed by atoms with van der Waals surface area (Å²) in [6.45, 7) is 6.17. The molecule has 0 aliphatic carbocycles. The third-order valence-electron chi connectivity index (χ3n) is 2.58. The first-order valence-electron chi connectivity index (χ1n) is 5.24. The molecule has 0 aromatic heterocycles. The van der Waals surface area contributed by atoms with Crippen LogP contribution < -0.4 is 0 Å². The second-order valence-electron chi connectivity index (χ2n) is 4.02. The van der Waals surface area contributed by atoms with Crippen LogP contribution in [0.15, 0.2) is 30.5 Å². The summed E-state index contributed by atoms with van der Waals surface area (Å²) in [7, 11) is 0. The maximum Gasteiger partial charge on any atom is 0.415 e. The highest BCUT2D eigenvalue weighted by atomic mass is 16.6. The van der Waals surface area contributed by atoms with Gasteiger partial charge in [0, 0.05) is 13.1 Å². The van der Waals surface area contributed by atoms with E-state index in [1.165, 1.54) is 0 Å². The van der Waals surface area contributed by atoms with Crippen molar-refractivity contribution in [3.05, 3.63) is 47.2 Å². The molecule has 1 amide bonds. The number of fused-ring (bicyclic) bond motifs is 1. The molecule has 4 heteroatoms. The largest absolute Gasteiger partial charge is 0.416 e. The van der Waals surface area contributed by atoms with E-state index < -0.39 is 6.09 Å². The number of allylic oxidation sites excluding steroid dienone is 1. The van der Waals surface area contributed by atoms with Crippen LogP contribution in [0.1, 0.15) is 23.6 Å². The molecule has 0 bridgehead atoms. The summed E-state index contributed by atoms with van der Waals surface area (Å²) in [6, 6.07) is 7.53. The van der Waals surface area contributed by atoms with Gasteiger partial charge in [-0.2, -0.15) is 5.26 Å². The Morgan fingerprint density at radius 1 is 1.47 bits per heavy atom. The number of carbonyl (C=O) groups excluding carboxylic acids is 1. The Bertz CT molecular complexity index is 529. The minimum Gasteiger partial charge on any atom is -0.416 e. The zero-order valence-corrected chi connectivity index (χ0v) is 9.56. The van der Waals surface area contributed by atoms with Gasteiger partial charge in [-0.1, -0.05) is 12.6 Å². The summed E-state index contributed by atoms with van der Waals surface area (Å²) in [4.78, 5) is 13.2. The zero-order chi connectivity index (χ0) is 12.4. The smallest absolute Gasteiger partial charge is 0.415 e. The van der Waals surface area contributed by atoms with Crippen LogP contribution in [0, 0.1) is 11.3 Å². The van der Waals surface area contributed by atoms with E-state index in [1.54, 1.807) is 17.9 Å². The number of nitriles is 1. The first kappa shape index (κ1) is 11.2. The van der Waals surface area contributed by atoms with Gasteiger partial charge in [0.1, 0.15) is 0 Å². The van der Waals surface area contributed by atoms with Crippen LogP contribution in [-0.2, 0) is 17.8 Å². The van der Waals surface area contributed by atoms with E-state index in [4.69, 9.17) is 10.00 Å². The molecule has 0 saturated carbocycles. The number of nitrogens with zero attached hydrogens (tertiary/aromatic N) is 2. The first-order valence-corrected chi connectivity index (χ1v) is 5.24. The normalized spacial score (nSPS) is 12.8. The Balaban J connectivity index is 2.14. The summed E-state index contributed by atoms with van der Waals surface area (Å²) in [5.41, 5.74) is 2.67. The number of rotatable bonds is 1. The average Bonchev–Trinajstić information content (AvgIpc) is 2.70. The summed E-state index contributed by atoms with van der Waals surface area (Å²) in [5, 5.41) is 8.80. The molecule has 0 atom stereocenters. The average molecular weight is 228 g/mol. The molecule has 0 unspecified atom stereocenters. The van der Waals surface area contributed by atoms with E-state index in [9.17, 15) is 4.79 Å². The molecule has 4 nitrogen and oxygen atoms in total. The highest BCUT2D eigenvalue weighted by molar-refractivity contribution is 5.70. The first-order chi connectivity index (χ1) is 8.10. The van der Waals surface area contributed by atoms with Crippen molar-refractivity contribution in [2.24, 2.45) is 0 Å². The lowest BCUT2D eigenvalue weighted by molar-refractivity contribution is 0.128. The zero-order valence-electron chi connectivity index (χ0n) is 9.56. The van der Waals surface area contributed by atoms with Gasteiger partial charge in [0.15, 0.2) is 0 Å². The predicted octanol–water partition coefficient (Wildman–Crippen LogP) is 2.54. The maximum atomic E-state index is 11.7. The van der Waals surface area contributed by atoms with Gasteiger partial charge in [-0.3, -0.25) is 4.90 Å². The second-order valence-corrected chi connectivity index (χ2v) is 4.02. The molecule has 0 N–H and O–H groups in total. The van der Waals surface area contributed by atoms with Crippen LogP contribution in [-0.4, -0.2) is 11.0 Å². The van der Waals surface area contributed by atoms with E-state index in [0.717, 1.165) is 11.1 Å². The van der Waals surface area contributed by atoms with Crippen molar-refractivity contribution in [1.29, 1.82) is 5.26 Å². The number of ether oxygens (including phenoxy) is 1. The minimum absolute atomic E-state index is 0.378. The monoisotopic (exact) mass is 228 g/mol. The van der Waals surface area contributed by atoms with E-state index in [-0.39, 0.29) is 0 Å². The third kappa shape index (κ3) is 2.28. The SMILES string of the molecule is C=C(C)OC(=O)N1Cc2ccc(C#N)cc2C1. The fourth-order valence-corrected chi connectivity index (χ4v) is 1.81. The molecule has 17 heavy (non-hydrogen) atoms. The van der Waals surface area contributed by atoms with Crippen LogP contribution in [0.25, 0.3) is 0 Å². The molecule has 1 aromatic carbocycles. The molecule has 1 heterocycles. The molecule has 0 spiro atoms. The standard InChI is InChI=1S/C13H12N2O2/c1-9(2)17-13(16)15-7-11-4-3-10(6-14)5-12(11)8-15/h3-5H,1,7-8H2,2H3. The number of amides is 1. The van der Waals surface area contributed by atoms with Crippen LogP contribution >= 0.6 is 0 Å². The Morgan fingerprint density at radius 2 is 2.18 bits per heavy atom. The van der Waals surface area contributed by atoms with Crippen molar-refractivity contribution in [3.8, 4) is 6.07 Å². The Hall–Kier alpha value is -2.28. The molecular formula is C13H12N2O2. The number of hydrogen-bond acceptors (Lipinski definition) is 3. The minimum atomic E-state index is -0.396. The Morgan fingerprint density at radius 3 is 2.82 bits per heavy atom. The molecule has 0 fully saturated rings. The van der Waals surface area contributed by atoms with Crippen LogP contribution in [0.5, 0.6) is 0 Å². The van der Waals surface area contributed by atoms with Crippen LogP contribution in [0.4, 0.5) is 4.79 Å². The fraction of sp³-hybridized carbons (Fsp3) is 0.231. The van der Waals surface area contributed by atoms with Gasteiger partial charge in [0.25, 0.3) is 0 Å². The van der Waals surface area contributed by atoms with Gasteiger partial charge in [0.2, 0.25) is 0 Å². The Kier molecular flexibility index (Phi) is 2.84. The lowest BCUT2D eigenvalue weighted by Gasteiger charge is -2.14. The van der Waals surface area contributed by atoms with Crippen LogP contribution in [0.3, 0.4) is 0 Å². The molecule has 1 aliphatic rings. The van der Waals surface area contributed by atoms with E-state index in [0.29, 0.717) is 24.4 Å². The number of benzene rings is 1. The van der Waals surface area contributed by atoms with Gasteiger partial charge in [-0.25, -0.2) is 4.79 Å². The van der Waals surface area contributed by atoms with Crippen molar-refractivity contribution in [1.82, 2.24) is 4.90 Å². The van der Waals surface area contributed by atoms with Crippen molar-refractivity contribution in [2.45, 2.75) is 20.0 Å². The molecule has 2 rings (SSSR count). The van der Waals surface area contributed by atoms with Gasteiger partial charge in [-0.05, 0) is 30.2 Å². The second kappa shape index (κ2) is 4.30. The molecule has 1 aromatic rings. The Labute approximate surface area is 99.7 Å². The third-order valence-corrected chi connectivity index (χ3v) is 2.58. The molecule has 86 valence electrons. The topological polar surface area (TPSA) is 53.3 Å². The van der Waals surface area contributed by atoms with E-state index >= 15 is 0 Å². The van der Waals surface area contributed by atoms with Gasteiger partial charge >= 0.3 is 6.09 Å². The van der Waals surface area contributed by atoms with Gasteiger partial charge < -0.3 is 4.74 Å². The highest BCUT2D eigenvalue weighted by Crippen LogP contribution is 2.24. The summed E-state index contributed by atoms with van der Waals surface area (Å²) in [5.74, 6) is 0.378. The highest BCUT2D eigenvalue weighted by Gasteiger charge is 2.24. The van der Waals surface area contributed by atoms with E-state index in [1.807, 2.05) is 12.1 Å². The molecule has 1 aliphatic heterocycles. The number of carbonyl (C=O) groups is 1. The van der Waals surface area contributed by atoms with Crippen LogP contribution in [0.2, 0.25) is 0 Å². The summed E-state index contributed by atoms with van der Waals surface area (Å²) >= 11 is 0. The van der Waals surface area contributed by atoms with Gasteiger partial charge in [-0.15, -0.1) is 0 Å². The lowest BCUT2D eigenvalue weighted by atomic mass is 10.1. The van der Waals surface area contributed by atoms with Gasteiger partial charge in [0.05, 0.1) is 17.4 Å². The fourth-order valence-electron chi connectivity index (χ4n) is 1.81. The number of hydrogen-bond donors (Lipinski definition) is 0. The van der Waals surface area contributed by atoms with Crippen molar-refractivity contribution >= 4 is 6.09 Å².